The highest BCUT2D eigenvalue weighted by Gasteiger charge is 2.50. The number of carbonyl (C=O) groups excluding carboxylic acids is 1. The van der Waals surface area contributed by atoms with E-state index in [4.69, 9.17) is 4.42 Å². The summed E-state index contributed by atoms with van der Waals surface area (Å²) in [5, 5.41) is 24.7. The second kappa shape index (κ2) is 5.24. The summed E-state index contributed by atoms with van der Waals surface area (Å²) in [6.45, 7) is 7.67. The van der Waals surface area contributed by atoms with Gasteiger partial charge in [-0.25, -0.2) is 0 Å². The largest absolute Gasteiger partial charge is 0.504 e. The third-order valence-corrected chi connectivity index (χ3v) is 6.37. The number of nitrogens with one attached hydrogen (secondary N) is 1. The molecule has 1 aromatic carbocycles. The fraction of sp³-hybridized carbons (Fsp3) is 0.550. The van der Waals surface area contributed by atoms with E-state index in [9.17, 15) is 15.0 Å². The van der Waals surface area contributed by atoms with Crippen LogP contribution < -0.4 is 5.32 Å². The molecule has 2 unspecified atom stereocenters. The molecule has 134 valence electrons. The SMILES string of the molecule is CC1(C)CCCC2(C)c3c(oc4c(C=O)c(O)c(O)cc34)CCNC12. The third kappa shape index (κ3) is 2.15. The summed E-state index contributed by atoms with van der Waals surface area (Å²) in [4.78, 5) is 11.5. The van der Waals surface area contributed by atoms with Crippen molar-refractivity contribution in [2.75, 3.05) is 6.54 Å². The minimum absolute atomic E-state index is 0.0336. The summed E-state index contributed by atoms with van der Waals surface area (Å²) in [6.07, 6.45) is 4.60. The number of furan rings is 1. The lowest BCUT2D eigenvalue weighted by Gasteiger charge is -2.50. The van der Waals surface area contributed by atoms with Gasteiger partial charge in [-0.1, -0.05) is 27.2 Å². The van der Waals surface area contributed by atoms with Crippen LogP contribution in [0.5, 0.6) is 11.5 Å². The van der Waals surface area contributed by atoms with E-state index < -0.39 is 5.75 Å². The van der Waals surface area contributed by atoms with E-state index in [0.29, 0.717) is 11.9 Å². The predicted molar refractivity (Wildman–Crippen MR) is 95.4 cm³/mol. The number of rotatable bonds is 1. The van der Waals surface area contributed by atoms with E-state index in [-0.39, 0.29) is 28.2 Å². The number of hydrogen-bond acceptors (Lipinski definition) is 5. The molecule has 0 amide bonds. The third-order valence-electron chi connectivity index (χ3n) is 6.37. The maximum Gasteiger partial charge on any atom is 0.172 e. The average Bonchev–Trinajstić information content (AvgIpc) is 2.81. The van der Waals surface area contributed by atoms with Crippen LogP contribution in [0.15, 0.2) is 10.5 Å². The van der Waals surface area contributed by atoms with Crippen molar-refractivity contribution in [2.24, 2.45) is 5.41 Å². The molecule has 5 nitrogen and oxygen atoms in total. The highest BCUT2D eigenvalue weighted by molar-refractivity contribution is 6.01. The second-order valence-electron chi connectivity index (χ2n) is 8.45. The molecule has 1 aromatic heterocycles. The van der Waals surface area contributed by atoms with Crippen molar-refractivity contribution < 1.29 is 19.4 Å². The van der Waals surface area contributed by atoms with E-state index in [0.717, 1.165) is 48.9 Å². The molecule has 5 heteroatoms. The molecular formula is C20H25NO4. The fourth-order valence-corrected chi connectivity index (χ4v) is 5.36. The molecule has 1 aliphatic heterocycles. The molecule has 0 bridgehead atoms. The van der Waals surface area contributed by atoms with Gasteiger partial charge in [0.25, 0.3) is 0 Å². The van der Waals surface area contributed by atoms with Gasteiger partial charge < -0.3 is 19.9 Å². The Morgan fingerprint density at radius 2 is 2.04 bits per heavy atom. The Kier molecular flexibility index (Phi) is 3.45. The standard InChI is InChI=1S/C20H25NO4/c1-19(2)6-4-7-20(3)15-11-9-13(23)16(24)12(10-22)17(11)25-14(15)5-8-21-18(19)20/h9-10,18,21,23-24H,4-8H2,1-3H3. The van der Waals surface area contributed by atoms with Crippen molar-refractivity contribution in [3.63, 3.8) is 0 Å². The summed E-state index contributed by atoms with van der Waals surface area (Å²) in [6, 6.07) is 1.83. The van der Waals surface area contributed by atoms with E-state index in [1.165, 1.54) is 0 Å². The van der Waals surface area contributed by atoms with Crippen LogP contribution in [0.25, 0.3) is 11.0 Å². The minimum Gasteiger partial charge on any atom is -0.504 e. The van der Waals surface area contributed by atoms with Gasteiger partial charge in [0.1, 0.15) is 16.9 Å². The molecule has 4 rings (SSSR count). The Balaban J connectivity index is 2.05. The summed E-state index contributed by atoms with van der Waals surface area (Å²) in [5.74, 6) is 0.180. The van der Waals surface area contributed by atoms with Crippen molar-refractivity contribution in [3.8, 4) is 11.5 Å². The number of phenolic OH excluding ortho intramolecular Hbond substituents is 2. The summed E-state index contributed by atoms with van der Waals surface area (Å²) in [5.41, 5.74) is 1.50. The lowest BCUT2D eigenvalue weighted by atomic mass is 9.58. The number of benzene rings is 1. The zero-order chi connectivity index (χ0) is 18.0. The first kappa shape index (κ1) is 16.5. The molecule has 2 aromatic rings. The first-order chi connectivity index (χ1) is 11.8. The monoisotopic (exact) mass is 343 g/mol. The van der Waals surface area contributed by atoms with Crippen molar-refractivity contribution in [1.29, 1.82) is 0 Å². The lowest BCUT2D eigenvalue weighted by molar-refractivity contribution is 0.0943. The van der Waals surface area contributed by atoms with Crippen LogP contribution >= 0.6 is 0 Å². The molecule has 2 heterocycles. The maximum atomic E-state index is 11.5. The molecule has 25 heavy (non-hydrogen) atoms. The highest BCUT2D eigenvalue weighted by atomic mass is 16.3. The number of carbonyl (C=O) groups is 1. The quantitative estimate of drug-likeness (QED) is 0.544. The van der Waals surface area contributed by atoms with E-state index in [2.05, 4.69) is 26.1 Å². The van der Waals surface area contributed by atoms with Gasteiger partial charge in [0, 0.05) is 35.4 Å². The van der Waals surface area contributed by atoms with Crippen LogP contribution in [-0.2, 0) is 11.8 Å². The van der Waals surface area contributed by atoms with E-state index in [1.807, 2.05) is 0 Å². The van der Waals surface area contributed by atoms with Gasteiger partial charge in [-0.2, -0.15) is 0 Å². The molecule has 1 fully saturated rings. The molecule has 2 atom stereocenters. The molecule has 3 N–H and O–H groups in total. The summed E-state index contributed by atoms with van der Waals surface area (Å²) >= 11 is 0. The summed E-state index contributed by atoms with van der Waals surface area (Å²) in [7, 11) is 0. The normalized spacial score (nSPS) is 28.2. The molecule has 0 saturated heterocycles. The van der Waals surface area contributed by atoms with Crippen LogP contribution in [0, 0.1) is 5.41 Å². The second-order valence-corrected chi connectivity index (χ2v) is 8.45. The Hall–Kier alpha value is -2.01. The van der Waals surface area contributed by atoms with Crippen molar-refractivity contribution in [2.45, 2.75) is 57.9 Å². The predicted octanol–water partition coefficient (Wildman–Crippen LogP) is 3.64. The minimum atomic E-state index is -0.407. The van der Waals surface area contributed by atoms with Gasteiger partial charge in [0.15, 0.2) is 17.8 Å². The van der Waals surface area contributed by atoms with Gasteiger partial charge in [0.2, 0.25) is 0 Å². The van der Waals surface area contributed by atoms with E-state index in [1.54, 1.807) is 6.07 Å². The van der Waals surface area contributed by atoms with Gasteiger partial charge >= 0.3 is 0 Å². The Morgan fingerprint density at radius 3 is 2.76 bits per heavy atom. The molecule has 1 aliphatic carbocycles. The van der Waals surface area contributed by atoms with Crippen molar-refractivity contribution >= 4 is 17.3 Å². The van der Waals surface area contributed by atoms with Gasteiger partial charge in [-0.3, -0.25) is 4.79 Å². The highest BCUT2D eigenvalue weighted by Crippen LogP contribution is 2.53. The first-order valence-electron chi connectivity index (χ1n) is 8.99. The van der Waals surface area contributed by atoms with Crippen LogP contribution in [0.3, 0.4) is 0 Å². The zero-order valence-electron chi connectivity index (χ0n) is 15.0. The average molecular weight is 343 g/mol. The Labute approximate surface area is 147 Å². The smallest absolute Gasteiger partial charge is 0.172 e. The van der Waals surface area contributed by atoms with Crippen LogP contribution in [-0.4, -0.2) is 29.1 Å². The lowest BCUT2D eigenvalue weighted by Crippen LogP contribution is -2.56. The van der Waals surface area contributed by atoms with Crippen LogP contribution in [0.1, 0.15) is 61.7 Å². The van der Waals surface area contributed by atoms with Gasteiger partial charge in [-0.15, -0.1) is 0 Å². The molecule has 0 radical (unpaired) electrons. The number of fused-ring (bicyclic) bond motifs is 5. The topological polar surface area (TPSA) is 82.7 Å². The number of hydrogen-bond donors (Lipinski definition) is 3. The zero-order valence-corrected chi connectivity index (χ0v) is 15.0. The molecular weight excluding hydrogens is 318 g/mol. The Morgan fingerprint density at radius 1 is 1.28 bits per heavy atom. The van der Waals surface area contributed by atoms with Crippen molar-refractivity contribution in [3.05, 3.63) is 23.0 Å². The van der Waals surface area contributed by atoms with Gasteiger partial charge in [0.05, 0.1) is 0 Å². The maximum absolute atomic E-state index is 11.5. The molecule has 2 aliphatic rings. The van der Waals surface area contributed by atoms with Crippen LogP contribution in [0.2, 0.25) is 0 Å². The number of phenols is 2. The first-order valence-corrected chi connectivity index (χ1v) is 8.99. The van der Waals surface area contributed by atoms with Gasteiger partial charge in [-0.05, 0) is 24.3 Å². The summed E-state index contributed by atoms with van der Waals surface area (Å²) < 4.78 is 6.07. The number of aromatic hydroxyl groups is 2. The van der Waals surface area contributed by atoms with Crippen LogP contribution in [0.4, 0.5) is 0 Å². The van der Waals surface area contributed by atoms with E-state index >= 15 is 0 Å². The van der Waals surface area contributed by atoms with Crippen molar-refractivity contribution in [1.82, 2.24) is 5.32 Å². The number of aldehydes is 1. The Bertz CT molecular complexity index is 866. The fourth-order valence-electron chi connectivity index (χ4n) is 5.36. The molecule has 1 saturated carbocycles. The molecule has 0 spiro atoms.